The van der Waals surface area contributed by atoms with Crippen LogP contribution in [0.25, 0.3) is 32.6 Å². The van der Waals surface area contributed by atoms with Gasteiger partial charge in [-0.05, 0) is 42.6 Å². The number of hydrogen-bond acceptors (Lipinski definition) is 3. The zero-order valence-electron chi connectivity index (χ0n) is 18.8. The Hall–Kier alpha value is -3.68. The summed E-state index contributed by atoms with van der Waals surface area (Å²) in [5, 5.41) is 6.62. The molecule has 7 heteroatoms. The lowest BCUT2D eigenvalue weighted by atomic mass is 10.1. The first-order chi connectivity index (χ1) is 16.5. The summed E-state index contributed by atoms with van der Waals surface area (Å²) in [6, 6.07) is 26.6. The lowest BCUT2D eigenvalue weighted by Gasteiger charge is -2.10. The Labute approximate surface area is 198 Å². The van der Waals surface area contributed by atoms with Gasteiger partial charge in [-0.2, -0.15) is 0 Å². The van der Waals surface area contributed by atoms with Crippen molar-refractivity contribution in [1.82, 2.24) is 9.29 Å². The number of aryl methyl sites for hydroxylation is 1. The lowest BCUT2D eigenvalue weighted by molar-refractivity contribution is -0.116. The van der Waals surface area contributed by atoms with E-state index in [-0.39, 0.29) is 23.8 Å². The molecule has 0 aliphatic rings. The van der Waals surface area contributed by atoms with Crippen LogP contribution in [0, 0.1) is 0 Å². The molecule has 1 amide bonds. The first-order valence-electron chi connectivity index (χ1n) is 11.3. The Morgan fingerprint density at radius 3 is 2.35 bits per heavy atom. The lowest BCUT2D eigenvalue weighted by Crippen LogP contribution is -2.28. The third-order valence-corrected chi connectivity index (χ3v) is 7.57. The van der Waals surface area contributed by atoms with Crippen LogP contribution in [0.3, 0.4) is 0 Å². The summed E-state index contributed by atoms with van der Waals surface area (Å²) in [6.45, 7) is 2.97. The van der Waals surface area contributed by atoms with E-state index < -0.39 is 10.0 Å². The van der Waals surface area contributed by atoms with E-state index in [0.717, 1.165) is 33.7 Å². The molecule has 0 spiro atoms. The third-order valence-electron chi connectivity index (χ3n) is 6.06. The maximum absolute atomic E-state index is 12.8. The Kier molecular flexibility index (Phi) is 5.81. The number of carbonyl (C=O) groups is 1. The van der Waals surface area contributed by atoms with Crippen LogP contribution in [0.15, 0.2) is 89.8 Å². The van der Waals surface area contributed by atoms with Gasteiger partial charge in [-0.3, -0.25) is 4.79 Å². The molecule has 0 saturated heterocycles. The zero-order valence-corrected chi connectivity index (χ0v) is 19.6. The van der Waals surface area contributed by atoms with E-state index in [1.54, 1.807) is 18.2 Å². The molecule has 1 aromatic heterocycles. The first-order valence-corrected chi connectivity index (χ1v) is 12.7. The Morgan fingerprint density at radius 2 is 1.53 bits per heavy atom. The average molecular weight is 472 g/mol. The number of anilines is 1. The number of amides is 1. The highest BCUT2D eigenvalue weighted by Gasteiger charge is 2.17. The summed E-state index contributed by atoms with van der Waals surface area (Å²) in [6.07, 6.45) is 0.0265. The minimum atomic E-state index is -3.74. The fourth-order valence-electron chi connectivity index (χ4n) is 4.50. The molecule has 172 valence electrons. The van der Waals surface area contributed by atoms with Gasteiger partial charge in [-0.25, -0.2) is 13.1 Å². The second-order valence-corrected chi connectivity index (χ2v) is 9.90. The molecule has 0 bridgehead atoms. The number of nitrogens with zero attached hydrogens (tertiary/aromatic N) is 1. The Morgan fingerprint density at radius 1 is 0.824 bits per heavy atom. The molecule has 4 aromatic carbocycles. The van der Waals surface area contributed by atoms with Crippen molar-refractivity contribution < 1.29 is 13.2 Å². The van der Waals surface area contributed by atoms with E-state index in [1.165, 1.54) is 0 Å². The molecule has 6 nitrogen and oxygen atoms in total. The number of aromatic nitrogens is 1. The molecular weight excluding hydrogens is 446 g/mol. The fourth-order valence-corrected chi connectivity index (χ4v) is 5.76. The molecule has 5 aromatic rings. The number of carbonyl (C=O) groups excluding carboxylic acids is 1. The van der Waals surface area contributed by atoms with Crippen LogP contribution < -0.4 is 10.0 Å². The van der Waals surface area contributed by atoms with E-state index >= 15 is 0 Å². The summed E-state index contributed by atoms with van der Waals surface area (Å²) < 4.78 is 30.5. The molecule has 1 heterocycles. The molecule has 0 atom stereocenters. The molecule has 2 N–H and O–H groups in total. The zero-order chi connectivity index (χ0) is 23.7. The maximum Gasteiger partial charge on any atom is 0.241 e. The molecule has 0 saturated carbocycles. The van der Waals surface area contributed by atoms with Crippen molar-refractivity contribution in [3.63, 3.8) is 0 Å². The quantitative estimate of drug-likeness (QED) is 0.339. The van der Waals surface area contributed by atoms with Crippen LogP contribution in [0.1, 0.15) is 13.3 Å². The Balaban J connectivity index is 1.29. The highest BCUT2D eigenvalue weighted by molar-refractivity contribution is 7.89. The second kappa shape index (κ2) is 8.93. The maximum atomic E-state index is 12.8. The van der Waals surface area contributed by atoms with Gasteiger partial charge in [-0.1, -0.05) is 54.6 Å². The predicted octanol–water partition coefficient (Wildman–Crippen LogP) is 5.27. The monoisotopic (exact) mass is 471 g/mol. The molecule has 34 heavy (non-hydrogen) atoms. The first kappa shape index (κ1) is 22.1. The number of hydrogen-bond donors (Lipinski definition) is 2. The van der Waals surface area contributed by atoms with Gasteiger partial charge in [0.15, 0.2) is 0 Å². The number of rotatable bonds is 7. The predicted molar refractivity (Wildman–Crippen MR) is 138 cm³/mol. The normalized spacial score (nSPS) is 11.9. The van der Waals surface area contributed by atoms with E-state index in [1.807, 2.05) is 54.6 Å². The smallest absolute Gasteiger partial charge is 0.241 e. The number of benzene rings is 4. The van der Waals surface area contributed by atoms with Crippen molar-refractivity contribution in [2.75, 3.05) is 11.9 Å². The van der Waals surface area contributed by atoms with E-state index in [4.69, 9.17) is 0 Å². The van der Waals surface area contributed by atoms with Crippen molar-refractivity contribution in [2.24, 2.45) is 0 Å². The summed E-state index contributed by atoms with van der Waals surface area (Å²) in [5.41, 5.74) is 2.96. The SMILES string of the molecule is CCn1c2ccccc2c2cc(NC(=O)CCNS(=O)(=O)c3cccc4ccccc34)ccc21. The summed E-state index contributed by atoms with van der Waals surface area (Å²) in [5.74, 6) is -0.251. The van der Waals surface area contributed by atoms with Crippen molar-refractivity contribution >= 4 is 54.2 Å². The summed E-state index contributed by atoms with van der Waals surface area (Å²) in [4.78, 5) is 12.8. The highest BCUT2D eigenvalue weighted by atomic mass is 32.2. The van der Waals surface area contributed by atoms with Gasteiger partial charge in [0.25, 0.3) is 0 Å². The number of fused-ring (bicyclic) bond motifs is 4. The van der Waals surface area contributed by atoms with Gasteiger partial charge >= 0.3 is 0 Å². The van der Waals surface area contributed by atoms with Crippen molar-refractivity contribution in [1.29, 1.82) is 0 Å². The van der Waals surface area contributed by atoms with Crippen LogP contribution in [0.4, 0.5) is 5.69 Å². The van der Waals surface area contributed by atoms with Gasteiger partial charge in [0.1, 0.15) is 0 Å². The van der Waals surface area contributed by atoms with Gasteiger partial charge in [0.05, 0.1) is 4.90 Å². The third kappa shape index (κ3) is 4.04. The van der Waals surface area contributed by atoms with Crippen molar-refractivity contribution in [2.45, 2.75) is 24.8 Å². The standard InChI is InChI=1S/C27H25N3O3S/c1-2-30-24-12-6-5-11-22(24)23-18-20(14-15-25(23)30)29-27(31)16-17-28-34(32,33)26-13-7-9-19-8-3-4-10-21(19)26/h3-15,18,28H,2,16-17H2,1H3,(H,29,31). The minimum absolute atomic E-state index is 0.00870. The average Bonchev–Trinajstić information content (AvgIpc) is 3.16. The van der Waals surface area contributed by atoms with Gasteiger partial charge in [0.2, 0.25) is 15.9 Å². The number of nitrogens with one attached hydrogen (secondary N) is 2. The minimum Gasteiger partial charge on any atom is -0.341 e. The molecular formula is C27H25N3O3S. The van der Waals surface area contributed by atoms with Crippen molar-refractivity contribution in [3.05, 3.63) is 84.9 Å². The van der Waals surface area contributed by atoms with Crippen LogP contribution in [0.5, 0.6) is 0 Å². The molecule has 0 radical (unpaired) electrons. The number of sulfonamides is 1. The van der Waals surface area contributed by atoms with Crippen LogP contribution >= 0.6 is 0 Å². The highest BCUT2D eigenvalue weighted by Crippen LogP contribution is 2.31. The summed E-state index contributed by atoms with van der Waals surface area (Å²) >= 11 is 0. The van der Waals surface area contributed by atoms with Crippen LogP contribution in [-0.4, -0.2) is 25.4 Å². The molecule has 0 aliphatic heterocycles. The molecule has 0 fully saturated rings. The van der Waals surface area contributed by atoms with Crippen LogP contribution in [0.2, 0.25) is 0 Å². The van der Waals surface area contributed by atoms with Gasteiger partial charge in [-0.15, -0.1) is 0 Å². The molecule has 5 rings (SSSR count). The van der Waals surface area contributed by atoms with Gasteiger partial charge in [0, 0.05) is 52.4 Å². The van der Waals surface area contributed by atoms with E-state index in [0.29, 0.717) is 11.1 Å². The van der Waals surface area contributed by atoms with E-state index in [9.17, 15) is 13.2 Å². The Bertz CT molecular complexity index is 1630. The number of para-hydroxylation sites is 1. The molecule has 0 aliphatic carbocycles. The topological polar surface area (TPSA) is 80.2 Å². The van der Waals surface area contributed by atoms with Crippen LogP contribution in [-0.2, 0) is 21.4 Å². The second-order valence-electron chi connectivity index (χ2n) is 8.17. The van der Waals surface area contributed by atoms with E-state index in [2.05, 4.69) is 33.7 Å². The largest absolute Gasteiger partial charge is 0.341 e. The molecule has 0 unspecified atom stereocenters. The van der Waals surface area contributed by atoms with Gasteiger partial charge < -0.3 is 9.88 Å². The van der Waals surface area contributed by atoms with Crippen molar-refractivity contribution in [3.8, 4) is 0 Å². The summed E-state index contributed by atoms with van der Waals surface area (Å²) in [7, 11) is -3.74. The fraction of sp³-hybridized carbons (Fsp3) is 0.148.